The number of carbonyl (C=O) groups excluding carboxylic acids is 6. The van der Waals surface area contributed by atoms with E-state index in [1.807, 2.05) is 25.7 Å². The fourth-order valence-electron chi connectivity index (χ4n) is 26.9. The SMILES string of the molecule is CC(=O)N1CCCC1C1CCN(C)CC1.CCC(=O)N1CCCC1C1CCN(C)CC1.CCC(=O)N1CCC[C@H]1C1CCN(C)CC1.CN1CCC(C2CCCN2C=O)CC1.CN1CCC([C@@H]2CCCN2C(=O)C2CC2)CC1.CN1CCC([C@@H]2CCCN2C(=O)C2CCC2)CC1.CN1CCC([C@@H]2CCCN2Cc2ccccc2)CC1.Cc1nnc(N2CCC[C@H]2C2CCN(C)CC2)o1. The summed E-state index contributed by atoms with van der Waals surface area (Å²) in [7, 11) is 17.6. The molecule has 752 valence electrons. The van der Waals surface area contributed by atoms with Gasteiger partial charge in [-0.25, -0.2) is 0 Å². The van der Waals surface area contributed by atoms with E-state index in [2.05, 4.69) is 170 Å². The standard InChI is InChI=1S/C17H26N2.C15H26N2O.C14H24N2O.C13H22N4O.2C13H24N2O.C12H22N2O.C11H20N2O/c1-18-12-9-16(10-13-18)17-8-5-11-19(17)14-15-6-3-2-4-7-15;1-16-10-7-12(8-11-16)14-6-3-9-17(14)15(18)13-4-2-5-13;1-15-9-6-11(7-10-15)13-3-2-8-16(13)14(17)12-4-5-12;1-10-14-15-13(18-10)17-7-3-4-12(17)11-5-8-16(2)9-6-11;2*1-3-13(16)15-8-4-5-12(15)11-6-9-14(2)10-7-11;1-10(15)14-7-3-4-12(14)11-5-8-13(2)9-6-11;1-12-7-4-10(5-8-12)11-3-2-6-13(11)9-14/h2-4,6-7,16-17H,5,8-14H2,1H3;12-14H,2-11H2,1H3;11-13H,2-10H2,1H3;11-12H,3-9H2,1-2H3;2*11-12H,3-10H2,1-2H3;11-12H,3-9H2,1-2H3;9-11H,2-8H2,1H3/t17-;14-;13-;2*12-;;;/m00000.../s1. The van der Waals surface area contributed by atoms with Crippen molar-refractivity contribution in [2.45, 2.75) is 333 Å². The number of nitrogens with zero attached hydrogens (tertiary/aromatic N) is 18. The van der Waals surface area contributed by atoms with E-state index in [-0.39, 0.29) is 5.91 Å². The maximum atomic E-state index is 12.5. The Labute approximate surface area is 806 Å². The summed E-state index contributed by atoms with van der Waals surface area (Å²) in [4.78, 5) is 108. The Morgan fingerprint density at radius 1 is 0.316 bits per heavy atom. The summed E-state index contributed by atoms with van der Waals surface area (Å²) in [6.45, 7) is 36.6. The van der Waals surface area contributed by atoms with Gasteiger partial charge in [-0.05, 0) is 452 Å². The van der Waals surface area contributed by atoms with Crippen LogP contribution in [-0.2, 0) is 35.3 Å². The molecule has 133 heavy (non-hydrogen) atoms. The lowest BCUT2D eigenvalue weighted by molar-refractivity contribution is -0.140. The number of likely N-dealkylation sites (tertiary alicyclic amines) is 15. The Morgan fingerprint density at radius 3 is 0.947 bits per heavy atom. The Morgan fingerprint density at radius 2 is 0.609 bits per heavy atom. The van der Waals surface area contributed by atoms with Crippen LogP contribution < -0.4 is 4.90 Å². The fourth-order valence-corrected chi connectivity index (χ4v) is 26.9. The Kier molecular flexibility index (Phi) is 42.1. The van der Waals surface area contributed by atoms with Gasteiger partial charge in [-0.3, -0.25) is 33.7 Å². The highest BCUT2D eigenvalue weighted by molar-refractivity contribution is 5.82. The number of hydrogen-bond donors (Lipinski definition) is 0. The van der Waals surface area contributed by atoms with Crippen LogP contribution in [-0.4, -0.2) is 381 Å². The molecule has 1 aromatic carbocycles. The quantitative estimate of drug-likeness (QED) is 0.144. The highest BCUT2D eigenvalue weighted by Crippen LogP contribution is 2.42. The predicted octanol–water partition coefficient (Wildman–Crippen LogP) is 14.3. The summed E-state index contributed by atoms with van der Waals surface area (Å²) in [5.74, 6) is 9.73. The van der Waals surface area contributed by atoms with E-state index in [1.54, 1.807) is 6.92 Å². The number of aryl methyl sites for hydroxylation is 1. The number of rotatable bonds is 16. The molecule has 0 radical (unpaired) electrons. The molecule has 1 aromatic heterocycles. The number of piperidine rings is 8. The molecule has 25 heteroatoms. The van der Waals surface area contributed by atoms with E-state index in [4.69, 9.17) is 4.42 Å². The first kappa shape index (κ1) is 105. The molecule has 16 aliphatic heterocycles. The van der Waals surface area contributed by atoms with Crippen molar-refractivity contribution in [3.05, 3.63) is 41.8 Å². The molecule has 16 saturated heterocycles. The van der Waals surface area contributed by atoms with Gasteiger partial charge in [-0.15, -0.1) is 5.10 Å². The van der Waals surface area contributed by atoms with Gasteiger partial charge in [0, 0.05) is 139 Å². The first-order valence-corrected chi connectivity index (χ1v) is 55.0. The minimum Gasteiger partial charge on any atom is -0.408 e. The molecule has 18 fully saturated rings. The molecule has 0 spiro atoms. The lowest BCUT2D eigenvalue weighted by atomic mass is 9.83. The Bertz CT molecular complexity index is 3660. The van der Waals surface area contributed by atoms with Crippen LogP contribution in [0.5, 0.6) is 0 Å². The molecule has 6 amide bonds. The van der Waals surface area contributed by atoms with Gasteiger partial charge < -0.3 is 77.9 Å². The van der Waals surface area contributed by atoms with E-state index in [9.17, 15) is 28.8 Å². The van der Waals surface area contributed by atoms with E-state index in [0.717, 1.165) is 144 Å². The third-order valence-corrected chi connectivity index (χ3v) is 35.7. The van der Waals surface area contributed by atoms with Gasteiger partial charge in [-0.2, -0.15) is 0 Å². The van der Waals surface area contributed by atoms with Crippen molar-refractivity contribution in [3.63, 3.8) is 0 Å². The Hall–Kier alpha value is -5.38. The smallest absolute Gasteiger partial charge is 0.318 e. The first-order chi connectivity index (χ1) is 64.5. The summed E-state index contributed by atoms with van der Waals surface area (Å²) >= 11 is 0. The van der Waals surface area contributed by atoms with Crippen LogP contribution in [0.3, 0.4) is 0 Å². The van der Waals surface area contributed by atoms with E-state index in [1.165, 1.54) is 329 Å². The lowest BCUT2D eigenvalue weighted by Crippen LogP contribution is -2.47. The molecule has 20 rings (SSSR count). The van der Waals surface area contributed by atoms with E-state index in [0.29, 0.717) is 96.5 Å². The number of aromatic nitrogens is 2. The van der Waals surface area contributed by atoms with Crippen LogP contribution in [0.4, 0.5) is 6.01 Å². The number of benzene rings is 1. The average Bonchev–Trinajstić information content (AvgIpc) is 1.68. The third kappa shape index (κ3) is 30.3. The summed E-state index contributed by atoms with van der Waals surface area (Å²) < 4.78 is 5.60. The molecular formula is C108H188N18O7. The second-order valence-electron chi connectivity index (χ2n) is 45.0. The molecule has 17 heterocycles. The van der Waals surface area contributed by atoms with Crippen LogP contribution in [0.15, 0.2) is 34.7 Å². The van der Waals surface area contributed by atoms with Gasteiger partial charge in [0.1, 0.15) is 0 Å². The molecule has 2 saturated carbocycles. The van der Waals surface area contributed by atoms with Gasteiger partial charge in [0.25, 0.3) is 0 Å². The molecule has 2 aromatic rings. The number of carbonyl (C=O) groups is 6. The fraction of sp³-hybridized carbons (Fsp3) is 0.870. The monoisotopic (exact) mass is 1850 g/mol. The lowest BCUT2D eigenvalue weighted by Gasteiger charge is -2.39. The number of hydrogen-bond acceptors (Lipinski definition) is 19. The summed E-state index contributed by atoms with van der Waals surface area (Å²) in [6.07, 6.45) is 49.0. The Balaban J connectivity index is 0.000000129. The molecule has 3 unspecified atom stereocenters. The highest BCUT2D eigenvalue weighted by Gasteiger charge is 2.46. The second kappa shape index (κ2) is 53.3. The zero-order chi connectivity index (χ0) is 93.9. The van der Waals surface area contributed by atoms with Crippen molar-refractivity contribution in [3.8, 4) is 0 Å². The van der Waals surface area contributed by atoms with Crippen molar-refractivity contribution in [2.24, 2.45) is 59.2 Å². The predicted molar refractivity (Wildman–Crippen MR) is 537 cm³/mol. The second-order valence-corrected chi connectivity index (χ2v) is 45.0. The molecular weight excluding hydrogens is 1660 g/mol. The van der Waals surface area contributed by atoms with Crippen molar-refractivity contribution in [2.75, 3.05) is 218 Å². The topological polar surface area (TPSA) is 193 Å². The average molecular weight is 1850 g/mol. The first-order valence-electron chi connectivity index (χ1n) is 55.0. The van der Waals surface area contributed by atoms with Crippen LogP contribution in [0, 0.1) is 66.1 Å². The van der Waals surface area contributed by atoms with Gasteiger partial charge in [0.05, 0.1) is 0 Å². The molecule has 2 aliphatic carbocycles. The van der Waals surface area contributed by atoms with Crippen molar-refractivity contribution >= 4 is 42.0 Å². The normalized spacial score (nSPS) is 29.4. The van der Waals surface area contributed by atoms with Gasteiger partial charge >= 0.3 is 6.01 Å². The molecule has 25 nitrogen and oxygen atoms in total. The molecule has 8 atom stereocenters. The van der Waals surface area contributed by atoms with E-state index < -0.39 is 0 Å². The molecule has 0 bridgehead atoms. The summed E-state index contributed by atoms with van der Waals surface area (Å²) in [6, 6.07) is 16.5. The van der Waals surface area contributed by atoms with Gasteiger partial charge in [0.2, 0.25) is 41.8 Å². The van der Waals surface area contributed by atoms with E-state index >= 15 is 0 Å². The number of amides is 6. The largest absolute Gasteiger partial charge is 0.408 e. The van der Waals surface area contributed by atoms with Gasteiger partial charge in [0.15, 0.2) is 0 Å². The third-order valence-electron chi connectivity index (χ3n) is 35.7. The maximum absolute atomic E-state index is 12.5. The maximum Gasteiger partial charge on any atom is 0.318 e. The zero-order valence-corrected chi connectivity index (χ0v) is 86.0. The minimum atomic E-state index is 0.274. The van der Waals surface area contributed by atoms with Crippen molar-refractivity contribution in [1.29, 1.82) is 0 Å². The van der Waals surface area contributed by atoms with Crippen molar-refractivity contribution in [1.82, 2.24) is 83.7 Å². The molecule has 18 aliphatic rings. The van der Waals surface area contributed by atoms with Crippen LogP contribution >= 0.6 is 0 Å². The van der Waals surface area contributed by atoms with Crippen LogP contribution in [0.1, 0.15) is 283 Å². The van der Waals surface area contributed by atoms with Gasteiger partial charge in [-0.1, -0.05) is 55.7 Å². The molecule has 0 N–H and O–H groups in total. The van der Waals surface area contributed by atoms with Crippen LogP contribution in [0.25, 0.3) is 0 Å². The summed E-state index contributed by atoms with van der Waals surface area (Å²) in [5, 5.41) is 8.14. The number of anilines is 1. The van der Waals surface area contributed by atoms with Crippen LogP contribution in [0.2, 0.25) is 0 Å². The minimum absolute atomic E-state index is 0.274. The zero-order valence-electron chi connectivity index (χ0n) is 86.0. The summed E-state index contributed by atoms with van der Waals surface area (Å²) in [5.41, 5.74) is 1.47. The highest BCUT2D eigenvalue weighted by atomic mass is 16.4. The van der Waals surface area contributed by atoms with Crippen molar-refractivity contribution < 1.29 is 33.2 Å².